The molecule has 1 heterocycles. The molecular weight excluding hydrogens is 454 g/mol. The first kappa shape index (κ1) is 19.9. The lowest BCUT2D eigenvalue weighted by molar-refractivity contribution is 0.0793. The third-order valence-electron chi connectivity index (χ3n) is 5.26. The average molecular weight is 474 g/mol. The van der Waals surface area contributed by atoms with E-state index in [9.17, 15) is 13.2 Å². The van der Waals surface area contributed by atoms with Gasteiger partial charge in [0.15, 0.2) is 15.6 Å². The van der Waals surface area contributed by atoms with Gasteiger partial charge in [-0.05, 0) is 61.2 Å². The van der Waals surface area contributed by atoms with Gasteiger partial charge in [-0.25, -0.2) is 8.42 Å². The van der Waals surface area contributed by atoms with Gasteiger partial charge in [-0.3, -0.25) is 4.79 Å². The summed E-state index contributed by atoms with van der Waals surface area (Å²) in [4.78, 5) is 13.0. The number of furan rings is 1. The summed E-state index contributed by atoms with van der Waals surface area (Å²) in [5, 5.41) is 3.09. The molecule has 150 valence electrons. The van der Waals surface area contributed by atoms with Crippen molar-refractivity contribution in [2.24, 2.45) is 0 Å². The third kappa shape index (κ3) is 4.16. The van der Waals surface area contributed by atoms with E-state index in [1.807, 2.05) is 24.3 Å². The highest BCUT2D eigenvalue weighted by Gasteiger charge is 2.40. The molecule has 0 spiro atoms. The van der Waals surface area contributed by atoms with Crippen LogP contribution in [0.3, 0.4) is 0 Å². The van der Waals surface area contributed by atoms with E-state index in [2.05, 4.69) is 21.2 Å². The number of benzene rings is 2. The molecule has 1 fully saturated rings. The van der Waals surface area contributed by atoms with Gasteiger partial charge >= 0.3 is 0 Å². The average Bonchev–Trinajstić information content (AvgIpc) is 3.13. The van der Waals surface area contributed by atoms with Crippen molar-refractivity contribution in [2.45, 2.75) is 35.4 Å². The minimum Gasteiger partial charge on any atom is -0.455 e. The number of sulfone groups is 1. The third-order valence-corrected chi connectivity index (χ3v) is 7.41. The van der Waals surface area contributed by atoms with Gasteiger partial charge in [-0.15, -0.1) is 0 Å². The first-order valence-corrected chi connectivity index (χ1v) is 11.8. The van der Waals surface area contributed by atoms with Gasteiger partial charge in [0, 0.05) is 4.47 Å². The Labute approximate surface area is 178 Å². The summed E-state index contributed by atoms with van der Waals surface area (Å²) in [6, 6.07) is 19.2. The molecule has 3 aromatic rings. The Hall–Kier alpha value is -2.38. The zero-order valence-electron chi connectivity index (χ0n) is 15.6. The van der Waals surface area contributed by atoms with Crippen molar-refractivity contribution < 1.29 is 17.6 Å². The number of hydrogen-bond donors (Lipinski definition) is 1. The molecule has 0 saturated heterocycles. The predicted octanol–water partition coefficient (Wildman–Crippen LogP) is 4.83. The molecule has 0 bridgehead atoms. The summed E-state index contributed by atoms with van der Waals surface area (Å²) in [5.41, 5.74) is 0.633. The maximum Gasteiger partial charge on any atom is 0.287 e. The second kappa shape index (κ2) is 7.80. The van der Waals surface area contributed by atoms with Crippen LogP contribution in [0.5, 0.6) is 0 Å². The number of carbonyl (C=O) groups is 1. The van der Waals surface area contributed by atoms with Crippen LogP contribution in [0.1, 0.15) is 41.1 Å². The van der Waals surface area contributed by atoms with E-state index in [4.69, 9.17) is 4.42 Å². The lowest BCUT2D eigenvalue weighted by Crippen LogP contribution is -2.50. The first-order valence-electron chi connectivity index (χ1n) is 9.33. The zero-order valence-corrected chi connectivity index (χ0v) is 18.0. The second-order valence-corrected chi connectivity index (χ2v) is 10.1. The largest absolute Gasteiger partial charge is 0.455 e. The van der Waals surface area contributed by atoms with Crippen molar-refractivity contribution in [1.29, 1.82) is 0 Å². The van der Waals surface area contributed by atoms with E-state index in [0.717, 1.165) is 29.3 Å². The van der Waals surface area contributed by atoms with Crippen molar-refractivity contribution in [3.63, 3.8) is 0 Å². The van der Waals surface area contributed by atoms with Crippen LogP contribution in [-0.4, -0.2) is 14.3 Å². The lowest BCUT2D eigenvalue weighted by atomic mass is 9.71. The minimum absolute atomic E-state index is 0.115. The van der Waals surface area contributed by atoms with Gasteiger partial charge in [0.25, 0.3) is 5.91 Å². The molecule has 0 radical (unpaired) electrons. The number of halogens is 1. The maximum absolute atomic E-state index is 12.8. The van der Waals surface area contributed by atoms with Crippen LogP contribution in [0.4, 0.5) is 0 Å². The molecule has 1 N–H and O–H groups in total. The fourth-order valence-electron chi connectivity index (χ4n) is 3.56. The van der Waals surface area contributed by atoms with Crippen molar-refractivity contribution >= 4 is 31.7 Å². The fourth-order valence-corrected chi connectivity index (χ4v) is 5.22. The van der Waals surface area contributed by atoms with Crippen LogP contribution in [-0.2, 0) is 21.1 Å². The van der Waals surface area contributed by atoms with Gasteiger partial charge in [0.2, 0.25) is 0 Å². The van der Waals surface area contributed by atoms with E-state index in [-0.39, 0.29) is 28.1 Å². The first-order chi connectivity index (χ1) is 13.9. The summed E-state index contributed by atoms with van der Waals surface area (Å²) >= 11 is 3.48. The molecule has 1 amide bonds. The Bertz CT molecular complexity index is 1130. The van der Waals surface area contributed by atoms with Crippen LogP contribution in [0, 0.1) is 0 Å². The van der Waals surface area contributed by atoms with Crippen LogP contribution in [0.2, 0.25) is 0 Å². The zero-order chi connectivity index (χ0) is 20.5. The van der Waals surface area contributed by atoms with Crippen LogP contribution in [0.25, 0.3) is 0 Å². The molecule has 5 nitrogen and oxygen atoms in total. The number of rotatable bonds is 6. The highest BCUT2D eigenvalue weighted by atomic mass is 79.9. The number of nitrogens with one attached hydrogen (secondary N) is 1. The highest BCUT2D eigenvalue weighted by Crippen LogP contribution is 2.42. The van der Waals surface area contributed by atoms with Crippen molar-refractivity contribution in [2.75, 3.05) is 0 Å². The van der Waals surface area contributed by atoms with Gasteiger partial charge in [0.05, 0.1) is 10.4 Å². The SMILES string of the molecule is O=C(NC1(c2cccc(Br)c2)CCC1)c1ccc(CS(=O)(=O)c2ccccc2)o1. The Morgan fingerprint density at radius 1 is 1.03 bits per heavy atom. The van der Waals surface area contributed by atoms with E-state index in [1.165, 1.54) is 6.07 Å². The molecular formula is C22H20BrNO4S. The molecule has 0 atom stereocenters. The summed E-state index contributed by atoms with van der Waals surface area (Å²) in [6.07, 6.45) is 2.74. The molecule has 2 aromatic carbocycles. The van der Waals surface area contributed by atoms with Crippen molar-refractivity contribution in [1.82, 2.24) is 5.32 Å². The van der Waals surface area contributed by atoms with Crippen molar-refractivity contribution in [3.05, 3.63) is 88.3 Å². The second-order valence-electron chi connectivity index (χ2n) is 7.24. The number of amides is 1. The smallest absolute Gasteiger partial charge is 0.287 e. The van der Waals surface area contributed by atoms with E-state index in [1.54, 1.807) is 36.4 Å². The quantitative estimate of drug-likeness (QED) is 0.556. The Kier molecular flexibility index (Phi) is 5.36. The standard InChI is InChI=1S/C22H20BrNO4S/c23-17-7-4-6-16(14-17)22(12-5-13-22)24-21(25)20-11-10-18(28-20)15-29(26,27)19-8-2-1-3-9-19/h1-4,6-11,14H,5,12-13,15H2,(H,24,25). The molecule has 1 aliphatic rings. The topological polar surface area (TPSA) is 76.4 Å². The molecule has 1 aliphatic carbocycles. The van der Waals surface area contributed by atoms with Gasteiger partial charge in [0.1, 0.15) is 11.5 Å². The molecule has 1 saturated carbocycles. The molecule has 0 unspecified atom stereocenters. The van der Waals surface area contributed by atoms with Crippen LogP contribution in [0.15, 0.2) is 80.5 Å². The van der Waals surface area contributed by atoms with Gasteiger partial charge in [-0.2, -0.15) is 0 Å². The maximum atomic E-state index is 12.8. The van der Waals surface area contributed by atoms with E-state index < -0.39 is 15.4 Å². The number of hydrogen-bond acceptors (Lipinski definition) is 4. The molecule has 1 aromatic heterocycles. The lowest BCUT2D eigenvalue weighted by Gasteiger charge is -2.43. The van der Waals surface area contributed by atoms with E-state index in [0.29, 0.717) is 0 Å². The Morgan fingerprint density at radius 3 is 2.45 bits per heavy atom. The van der Waals surface area contributed by atoms with E-state index >= 15 is 0 Å². The fraction of sp³-hybridized carbons (Fsp3) is 0.227. The Balaban J connectivity index is 1.50. The van der Waals surface area contributed by atoms with Crippen molar-refractivity contribution in [3.8, 4) is 0 Å². The molecule has 0 aliphatic heterocycles. The minimum atomic E-state index is -3.53. The predicted molar refractivity (Wildman–Crippen MR) is 113 cm³/mol. The molecule has 4 rings (SSSR count). The molecule has 7 heteroatoms. The summed E-state index contributed by atoms with van der Waals surface area (Å²) in [6.45, 7) is 0. The summed E-state index contributed by atoms with van der Waals surface area (Å²) in [7, 11) is -3.53. The number of carbonyl (C=O) groups excluding carboxylic acids is 1. The summed E-state index contributed by atoms with van der Waals surface area (Å²) < 4.78 is 31.6. The van der Waals surface area contributed by atoms with Crippen LogP contribution >= 0.6 is 15.9 Å². The highest BCUT2D eigenvalue weighted by molar-refractivity contribution is 9.10. The monoisotopic (exact) mass is 473 g/mol. The van der Waals surface area contributed by atoms with Crippen LogP contribution < -0.4 is 5.32 Å². The summed E-state index contributed by atoms with van der Waals surface area (Å²) in [5.74, 6) is -0.275. The Morgan fingerprint density at radius 2 is 1.79 bits per heavy atom. The normalized spacial score (nSPS) is 15.5. The molecule has 29 heavy (non-hydrogen) atoms. The van der Waals surface area contributed by atoms with Gasteiger partial charge in [-0.1, -0.05) is 46.3 Å². The van der Waals surface area contributed by atoms with Gasteiger partial charge < -0.3 is 9.73 Å².